The zero-order valence-corrected chi connectivity index (χ0v) is 25.0. The Morgan fingerprint density at radius 1 is 0.902 bits per heavy atom. The molecule has 5 rings (SSSR count). The van der Waals surface area contributed by atoms with Crippen molar-refractivity contribution in [1.82, 2.24) is 10.3 Å². The molecule has 3 N–H and O–H groups in total. The summed E-state index contributed by atoms with van der Waals surface area (Å²) in [6.45, 7) is 8.18. The van der Waals surface area contributed by atoms with Crippen LogP contribution in [0.2, 0.25) is 0 Å². The molecule has 0 bridgehead atoms. The summed E-state index contributed by atoms with van der Waals surface area (Å²) in [7, 11) is 3.29. The standard InChI is InChI=1S/C35H42N2O4/c1-21(2)32-28-19-23(10-16-29(28)37-33(32)24-11-17-30(40-5)31(20-24)41-6)22-8-7-9-25(18-22)34(38)36-27-14-12-26(13-15-27)35(3,4)39/h7-11,16-21,26-27,37,39H,12-15H2,1-6H3,(H,36,38). The number of carbonyl (C=O) groups excluding carboxylic acids is 1. The van der Waals surface area contributed by atoms with Gasteiger partial charge in [0.05, 0.1) is 25.5 Å². The summed E-state index contributed by atoms with van der Waals surface area (Å²) in [6.07, 6.45) is 3.64. The van der Waals surface area contributed by atoms with Gasteiger partial charge in [-0.15, -0.1) is 0 Å². The van der Waals surface area contributed by atoms with Gasteiger partial charge >= 0.3 is 0 Å². The Balaban J connectivity index is 1.41. The molecule has 0 unspecified atom stereocenters. The minimum atomic E-state index is -0.665. The van der Waals surface area contributed by atoms with E-state index in [2.05, 4.69) is 54.5 Å². The summed E-state index contributed by atoms with van der Waals surface area (Å²) in [5, 5.41) is 14.7. The first-order chi connectivity index (χ1) is 19.6. The van der Waals surface area contributed by atoms with E-state index in [0.29, 0.717) is 17.1 Å². The highest BCUT2D eigenvalue weighted by atomic mass is 16.5. The molecule has 0 spiro atoms. The van der Waals surface area contributed by atoms with Gasteiger partial charge < -0.3 is 24.9 Å². The van der Waals surface area contributed by atoms with Gasteiger partial charge in [-0.25, -0.2) is 0 Å². The summed E-state index contributed by atoms with van der Waals surface area (Å²) < 4.78 is 11.0. The van der Waals surface area contributed by atoms with E-state index >= 15 is 0 Å². The molecule has 1 heterocycles. The van der Waals surface area contributed by atoms with E-state index in [1.54, 1.807) is 14.2 Å². The summed E-state index contributed by atoms with van der Waals surface area (Å²) >= 11 is 0. The van der Waals surface area contributed by atoms with Crippen LogP contribution in [0, 0.1) is 5.92 Å². The number of methoxy groups -OCH3 is 2. The normalized spacial score (nSPS) is 17.6. The van der Waals surface area contributed by atoms with Crippen LogP contribution in [-0.4, -0.2) is 41.9 Å². The molecule has 0 atom stereocenters. The van der Waals surface area contributed by atoms with E-state index in [9.17, 15) is 9.90 Å². The largest absolute Gasteiger partial charge is 0.493 e. The predicted octanol–water partition coefficient (Wildman–Crippen LogP) is 7.70. The van der Waals surface area contributed by atoms with E-state index in [1.165, 1.54) is 10.9 Å². The fraction of sp³-hybridized carbons (Fsp3) is 0.400. The topological polar surface area (TPSA) is 83.6 Å². The number of ether oxygens (including phenoxy) is 2. The van der Waals surface area contributed by atoms with Crippen molar-refractivity contribution in [3.63, 3.8) is 0 Å². The van der Waals surface area contributed by atoms with E-state index in [-0.39, 0.29) is 23.8 Å². The lowest BCUT2D eigenvalue weighted by atomic mass is 9.77. The molecule has 6 nitrogen and oxygen atoms in total. The van der Waals surface area contributed by atoms with Gasteiger partial charge in [0, 0.05) is 28.1 Å². The quantitative estimate of drug-likeness (QED) is 0.208. The molecule has 1 aromatic heterocycles. The number of aliphatic hydroxyl groups is 1. The second-order valence-corrected chi connectivity index (χ2v) is 12.2. The Morgan fingerprint density at radius 3 is 2.24 bits per heavy atom. The second kappa shape index (κ2) is 11.6. The van der Waals surface area contributed by atoms with Crippen molar-refractivity contribution in [2.24, 2.45) is 5.92 Å². The highest BCUT2D eigenvalue weighted by molar-refractivity contribution is 5.97. The van der Waals surface area contributed by atoms with Gasteiger partial charge in [-0.05, 0) is 111 Å². The van der Waals surface area contributed by atoms with E-state index < -0.39 is 5.60 Å². The minimum Gasteiger partial charge on any atom is -0.493 e. The average molecular weight is 555 g/mol. The second-order valence-electron chi connectivity index (χ2n) is 12.2. The van der Waals surface area contributed by atoms with Gasteiger partial charge in [0.15, 0.2) is 11.5 Å². The van der Waals surface area contributed by atoms with Crippen LogP contribution in [0.5, 0.6) is 11.5 Å². The number of hydrogen-bond acceptors (Lipinski definition) is 4. The number of nitrogens with one attached hydrogen (secondary N) is 2. The molecule has 0 saturated heterocycles. The number of amides is 1. The third kappa shape index (κ3) is 5.98. The van der Waals surface area contributed by atoms with Gasteiger partial charge in [0.2, 0.25) is 0 Å². The van der Waals surface area contributed by atoms with Crippen LogP contribution >= 0.6 is 0 Å². The van der Waals surface area contributed by atoms with Crippen LogP contribution in [0.25, 0.3) is 33.3 Å². The number of aromatic nitrogens is 1. The molecule has 41 heavy (non-hydrogen) atoms. The maximum Gasteiger partial charge on any atom is 0.251 e. The van der Waals surface area contributed by atoms with Crippen LogP contribution in [0.1, 0.15) is 75.2 Å². The number of H-pyrrole nitrogens is 1. The number of aromatic amines is 1. The molecule has 1 amide bonds. The van der Waals surface area contributed by atoms with Crippen LogP contribution in [-0.2, 0) is 0 Å². The minimum absolute atomic E-state index is 0.0418. The summed E-state index contributed by atoms with van der Waals surface area (Å²) in [5.74, 6) is 1.92. The van der Waals surface area contributed by atoms with Crippen molar-refractivity contribution in [3.05, 3.63) is 71.8 Å². The summed E-state index contributed by atoms with van der Waals surface area (Å²) in [4.78, 5) is 16.8. The molecular formula is C35H42N2O4. The number of fused-ring (bicyclic) bond motifs is 1. The zero-order valence-electron chi connectivity index (χ0n) is 25.0. The number of hydrogen-bond donors (Lipinski definition) is 3. The predicted molar refractivity (Wildman–Crippen MR) is 166 cm³/mol. The van der Waals surface area contributed by atoms with Crippen LogP contribution < -0.4 is 14.8 Å². The van der Waals surface area contributed by atoms with Crippen LogP contribution in [0.3, 0.4) is 0 Å². The zero-order chi connectivity index (χ0) is 29.3. The highest BCUT2D eigenvalue weighted by Gasteiger charge is 2.32. The van der Waals surface area contributed by atoms with Crippen LogP contribution in [0.15, 0.2) is 60.7 Å². The maximum atomic E-state index is 13.2. The van der Waals surface area contributed by atoms with Gasteiger partial charge in [-0.2, -0.15) is 0 Å². The fourth-order valence-corrected chi connectivity index (χ4v) is 6.26. The smallest absolute Gasteiger partial charge is 0.251 e. The lowest BCUT2D eigenvalue weighted by Crippen LogP contribution is -2.41. The van der Waals surface area contributed by atoms with Gasteiger partial charge in [0.1, 0.15) is 0 Å². The van der Waals surface area contributed by atoms with E-state index in [4.69, 9.17) is 9.47 Å². The molecule has 1 aliphatic carbocycles. The first-order valence-corrected chi connectivity index (χ1v) is 14.6. The SMILES string of the molecule is COc1ccc(-c2[nH]c3ccc(-c4cccc(C(=O)NC5CCC(C(C)(C)O)CC5)c4)cc3c2C(C)C)cc1OC. The molecule has 1 fully saturated rings. The van der Waals surface area contributed by atoms with Crippen LogP contribution in [0.4, 0.5) is 0 Å². The molecule has 1 saturated carbocycles. The maximum absolute atomic E-state index is 13.2. The molecule has 0 aliphatic heterocycles. The number of rotatable bonds is 8. The molecule has 4 aromatic rings. The third-order valence-electron chi connectivity index (χ3n) is 8.61. The Hall–Kier alpha value is -3.77. The third-order valence-corrected chi connectivity index (χ3v) is 8.61. The van der Waals surface area contributed by atoms with Gasteiger partial charge in [-0.1, -0.05) is 32.0 Å². The molecule has 0 radical (unpaired) electrons. The average Bonchev–Trinajstić information content (AvgIpc) is 3.36. The van der Waals surface area contributed by atoms with Gasteiger partial charge in [-0.3, -0.25) is 4.79 Å². The van der Waals surface area contributed by atoms with Crippen molar-refractivity contribution in [1.29, 1.82) is 0 Å². The van der Waals surface area contributed by atoms with Crippen molar-refractivity contribution >= 4 is 16.8 Å². The Labute approximate surface area is 243 Å². The highest BCUT2D eigenvalue weighted by Crippen LogP contribution is 2.40. The van der Waals surface area contributed by atoms with E-state index in [1.807, 2.05) is 44.2 Å². The number of carbonyl (C=O) groups is 1. The van der Waals surface area contributed by atoms with Crippen molar-refractivity contribution in [2.75, 3.05) is 14.2 Å². The van der Waals surface area contributed by atoms with Crippen molar-refractivity contribution < 1.29 is 19.4 Å². The van der Waals surface area contributed by atoms with Crippen molar-refractivity contribution in [2.45, 2.75) is 70.9 Å². The molecular weight excluding hydrogens is 512 g/mol. The first-order valence-electron chi connectivity index (χ1n) is 14.6. The van der Waals surface area contributed by atoms with E-state index in [0.717, 1.165) is 53.6 Å². The monoisotopic (exact) mass is 554 g/mol. The Bertz CT molecular complexity index is 1540. The molecule has 216 valence electrons. The Morgan fingerprint density at radius 2 is 1.59 bits per heavy atom. The fourth-order valence-electron chi connectivity index (χ4n) is 6.26. The lowest BCUT2D eigenvalue weighted by Gasteiger charge is -2.36. The summed E-state index contributed by atoms with van der Waals surface area (Å²) in [6, 6.07) is 20.5. The first kappa shape index (κ1) is 28.7. The number of benzene rings is 3. The molecule has 6 heteroatoms. The molecule has 1 aliphatic rings. The van der Waals surface area contributed by atoms with Crippen molar-refractivity contribution in [3.8, 4) is 33.9 Å². The lowest BCUT2D eigenvalue weighted by molar-refractivity contribution is -0.00257. The molecule has 3 aromatic carbocycles. The van der Waals surface area contributed by atoms with Gasteiger partial charge in [0.25, 0.3) is 5.91 Å². The summed E-state index contributed by atoms with van der Waals surface area (Å²) in [5.41, 5.74) is 6.49. The Kier molecular flexibility index (Phi) is 8.14.